The minimum Gasteiger partial charge on any atom is -0.301 e. The van der Waals surface area contributed by atoms with E-state index in [9.17, 15) is 13.2 Å². The van der Waals surface area contributed by atoms with Gasteiger partial charge in [0.15, 0.2) is 5.13 Å². The molecule has 0 saturated heterocycles. The smallest absolute Gasteiger partial charge is 0.244 e. The Balaban J connectivity index is 2.22. The molecule has 1 unspecified atom stereocenters. The van der Waals surface area contributed by atoms with Crippen molar-refractivity contribution in [1.29, 1.82) is 0 Å². The first-order chi connectivity index (χ1) is 12.2. The summed E-state index contributed by atoms with van der Waals surface area (Å²) in [5, 5.41) is 5.12. The second-order valence-corrected chi connectivity index (χ2v) is 9.68. The van der Waals surface area contributed by atoms with E-state index in [2.05, 4.69) is 15.0 Å². The number of aryl methyl sites for hydroxylation is 1. The molecule has 0 bridgehead atoms. The average Bonchev–Trinajstić information content (AvgIpc) is 2.98. The quantitative estimate of drug-likeness (QED) is 0.634. The number of nitrogens with one attached hydrogen (secondary N) is 2. The van der Waals surface area contributed by atoms with Crippen molar-refractivity contribution in [3.05, 3.63) is 39.3 Å². The van der Waals surface area contributed by atoms with E-state index in [0.717, 1.165) is 5.69 Å². The first-order valence-electron chi connectivity index (χ1n) is 7.42. The monoisotopic (exact) mass is 453 g/mol. The van der Waals surface area contributed by atoms with Crippen molar-refractivity contribution >= 4 is 67.4 Å². The number of halogens is 2. The highest BCUT2D eigenvalue weighted by atomic mass is 35.5. The van der Waals surface area contributed by atoms with Gasteiger partial charge in [-0.05, 0) is 43.6 Å². The molecule has 6 nitrogen and oxygen atoms in total. The maximum atomic E-state index is 12.7. The fourth-order valence-electron chi connectivity index (χ4n) is 2.02. The predicted octanol–water partition coefficient (Wildman–Crippen LogP) is 3.80. The van der Waals surface area contributed by atoms with Crippen molar-refractivity contribution in [3.8, 4) is 0 Å². The Kier molecular flexibility index (Phi) is 7.75. The summed E-state index contributed by atoms with van der Waals surface area (Å²) in [6.07, 6.45) is 2.19. The third-order valence-corrected chi connectivity index (χ3v) is 6.96. The van der Waals surface area contributed by atoms with Gasteiger partial charge < -0.3 is 5.32 Å². The molecule has 1 aromatic carbocycles. The largest absolute Gasteiger partial charge is 0.301 e. The molecule has 2 rings (SSSR count). The molecule has 1 amide bonds. The number of anilines is 1. The van der Waals surface area contributed by atoms with Gasteiger partial charge in [0, 0.05) is 10.4 Å². The average molecular weight is 454 g/mol. The molecule has 2 N–H and O–H groups in total. The van der Waals surface area contributed by atoms with Crippen LogP contribution in [0.1, 0.15) is 12.1 Å². The zero-order valence-corrected chi connectivity index (χ0v) is 17.9. The van der Waals surface area contributed by atoms with Crippen LogP contribution in [-0.2, 0) is 14.8 Å². The first kappa shape index (κ1) is 21.5. The number of nitrogens with zero attached hydrogens (tertiary/aromatic N) is 1. The van der Waals surface area contributed by atoms with Gasteiger partial charge in [-0.3, -0.25) is 4.79 Å². The lowest BCUT2D eigenvalue weighted by Gasteiger charge is -2.18. The topological polar surface area (TPSA) is 88.2 Å². The summed E-state index contributed by atoms with van der Waals surface area (Å²) >= 11 is 14.6. The molecule has 0 aliphatic rings. The minimum absolute atomic E-state index is 0.0291. The lowest BCUT2D eigenvalue weighted by Crippen LogP contribution is -2.44. The number of carbonyl (C=O) groups excluding carboxylic acids is 1. The van der Waals surface area contributed by atoms with Crippen LogP contribution >= 0.6 is 46.3 Å². The number of thiazole rings is 1. The lowest BCUT2D eigenvalue weighted by molar-refractivity contribution is -0.117. The number of hydrogen-bond acceptors (Lipinski definition) is 6. The number of thioether (sulfide) groups is 1. The third kappa shape index (κ3) is 5.83. The fourth-order valence-corrected chi connectivity index (χ4v) is 5.17. The summed E-state index contributed by atoms with van der Waals surface area (Å²) in [5.41, 5.74) is 0.775. The molecule has 0 aliphatic carbocycles. The Morgan fingerprint density at radius 3 is 2.73 bits per heavy atom. The van der Waals surface area contributed by atoms with E-state index >= 15 is 0 Å². The Bertz CT molecular complexity index is 887. The molecule has 11 heteroatoms. The minimum atomic E-state index is -4.03. The van der Waals surface area contributed by atoms with Gasteiger partial charge in [0.25, 0.3) is 0 Å². The summed E-state index contributed by atoms with van der Waals surface area (Å²) in [4.78, 5) is 16.5. The van der Waals surface area contributed by atoms with Crippen molar-refractivity contribution in [3.63, 3.8) is 0 Å². The molecule has 0 saturated carbocycles. The van der Waals surface area contributed by atoms with Crippen LogP contribution < -0.4 is 10.0 Å². The second-order valence-electron chi connectivity index (χ2n) is 5.31. The molecule has 142 valence electrons. The van der Waals surface area contributed by atoms with E-state index in [1.165, 1.54) is 41.3 Å². The van der Waals surface area contributed by atoms with Gasteiger partial charge >= 0.3 is 0 Å². The van der Waals surface area contributed by atoms with Crippen LogP contribution in [0.2, 0.25) is 10.0 Å². The summed E-state index contributed by atoms with van der Waals surface area (Å²) in [6.45, 7) is 1.81. The normalized spacial score (nSPS) is 12.8. The molecule has 1 atom stereocenters. The number of sulfonamides is 1. The van der Waals surface area contributed by atoms with E-state index in [1.807, 2.05) is 6.26 Å². The van der Waals surface area contributed by atoms with Crippen LogP contribution in [-0.4, -0.2) is 37.4 Å². The number of amides is 1. The van der Waals surface area contributed by atoms with E-state index < -0.39 is 22.0 Å². The molecular weight excluding hydrogens is 437 g/mol. The van der Waals surface area contributed by atoms with Crippen molar-refractivity contribution in [2.45, 2.75) is 24.3 Å². The van der Waals surface area contributed by atoms with Gasteiger partial charge in [-0.1, -0.05) is 23.2 Å². The molecule has 26 heavy (non-hydrogen) atoms. The van der Waals surface area contributed by atoms with Crippen molar-refractivity contribution in [2.24, 2.45) is 0 Å². The number of aromatic nitrogens is 1. The van der Waals surface area contributed by atoms with Crippen LogP contribution in [0.5, 0.6) is 0 Å². The van der Waals surface area contributed by atoms with Crippen molar-refractivity contribution < 1.29 is 13.2 Å². The number of hydrogen-bond donors (Lipinski definition) is 2. The highest BCUT2D eigenvalue weighted by molar-refractivity contribution is 7.98. The zero-order chi connectivity index (χ0) is 19.3. The van der Waals surface area contributed by atoms with Crippen LogP contribution in [0.4, 0.5) is 5.13 Å². The highest BCUT2D eigenvalue weighted by Crippen LogP contribution is 2.25. The molecule has 1 heterocycles. The van der Waals surface area contributed by atoms with Gasteiger partial charge in [-0.25, -0.2) is 13.4 Å². The van der Waals surface area contributed by atoms with E-state index in [1.54, 1.807) is 12.3 Å². The zero-order valence-electron chi connectivity index (χ0n) is 14.0. The first-order valence-corrected chi connectivity index (χ1v) is 11.9. The van der Waals surface area contributed by atoms with Crippen molar-refractivity contribution in [1.82, 2.24) is 9.71 Å². The number of rotatable bonds is 8. The molecule has 0 aliphatic heterocycles. The SMILES string of the molecule is CSCCC(NS(=O)(=O)c1cc(Cl)ccc1Cl)C(=O)Nc1nc(C)cs1. The predicted molar refractivity (Wildman–Crippen MR) is 109 cm³/mol. The Hall–Kier alpha value is -0.840. The molecule has 0 radical (unpaired) electrons. The Morgan fingerprint density at radius 1 is 1.38 bits per heavy atom. The van der Waals surface area contributed by atoms with Gasteiger partial charge in [0.2, 0.25) is 15.9 Å². The summed E-state index contributed by atoms with van der Waals surface area (Å²) in [5.74, 6) is 0.121. The highest BCUT2D eigenvalue weighted by Gasteiger charge is 2.27. The maximum absolute atomic E-state index is 12.7. The van der Waals surface area contributed by atoms with Crippen LogP contribution in [0.3, 0.4) is 0 Å². The number of carbonyl (C=O) groups is 1. The molecule has 0 fully saturated rings. The van der Waals surface area contributed by atoms with Gasteiger partial charge in [-0.15, -0.1) is 11.3 Å². The third-order valence-electron chi connectivity index (χ3n) is 3.26. The van der Waals surface area contributed by atoms with E-state index in [4.69, 9.17) is 23.2 Å². The summed E-state index contributed by atoms with van der Waals surface area (Å²) in [7, 11) is -4.03. The fraction of sp³-hybridized carbons (Fsp3) is 0.333. The molecule has 0 spiro atoms. The van der Waals surface area contributed by atoms with Crippen LogP contribution in [0.15, 0.2) is 28.5 Å². The number of benzene rings is 1. The van der Waals surface area contributed by atoms with Crippen molar-refractivity contribution in [2.75, 3.05) is 17.3 Å². The maximum Gasteiger partial charge on any atom is 0.244 e. The Labute approximate surface area is 170 Å². The van der Waals surface area contributed by atoms with E-state index in [0.29, 0.717) is 17.3 Å². The van der Waals surface area contributed by atoms with Gasteiger partial charge in [-0.2, -0.15) is 16.5 Å². The van der Waals surface area contributed by atoms with Crippen LogP contribution in [0, 0.1) is 6.92 Å². The Morgan fingerprint density at radius 2 is 2.12 bits per heavy atom. The summed E-state index contributed by atoms with van der Waals surface area (Å²) < 4.78 is 27.8. The molecule has 1 aromatic heterocycles. The van der Waals surface area contributed by atoms with Gasteiger partial charge in [0.1, 0.15) is 10.9 Å². The van der Waals surface area contributed by atoms with E-state index in [-0.39, 0.29) is 14.9 Å². The lowest BCUT2D eigenvalue weighted by atomic mass is 10.2. The standard InChI is InChI=1S/C15H17Cl2N3O3S3/c1-9-8-25-15(18-9)19-14(21)12(5-6-24-2)20-26(22,23)13-7-10(16)3-4-11(13)17/h3-4,7-8,12,20H,5-6H2,1-2H3,(H,18,19,21). The molecular formula is C15H17Cl2N3O3S3. The van der Waals surface area contributed by atoms with Crippen LogP contribution in [0.25, 0.3) is 0 Å². The second kappa shape index (κ2) is 9.38. The summed E-state index contributed by atoms with van der Waals surface area (Å²) in [6, 6.07) is 3.17. The molecule has 2 aromatic rings. The van der Waals surface area contributed by atoms with Gasteiger partial charge in [0.05, 0.1) is 10.7 Å².